The van der Waals surface area contributed by atoms with Crippen LogP contribution in [-0.4, -0.2) is 5.78 Å². The van der Waals surface area contributed by atoms with Crippen LogP contribution < -0.4 is 0 Å². The van der Waals surface area contributed by atoms with Crippen LogP contribution in [0, 0.1) is 39.9 Å². The summed E-state index contributed by atoms with van der Waals surface area (Å²) in [5, 5.41) is 0. The van der Waals surface area contributed by atoms with Gasteiger partial charge in [0.25, 0.3) is 0 Å². The number of allylic oxidation sites excluding steroid dienone is 2. The summed E-state index contributed by atoms with van der Waals surface area (Å²) in [5.41, 5.74) is 1.35. The Labute approximate surface area is 148 Å². The average Bonchev–Trinajstić information content (AvgIpc) is 2.80. The van der Waals surface area contributed by atoms with E-state index in [-0.39, 0.29) is 0 Å². The molecular weight excluding hydrogens is 292 g/mol. The van der Waals surface area contributed by atoms with Gasteiger partial charge < -0.3 is 0 Å². The molecule has 0 aliphatic heterocycles. The fourth-order valence-corrected chi connectivity index (χ4v) is 7.99. The van der Waals surface area contributed by atoms with Crippen molar-refractivity contribution in [3.63, 3.8) is 0 Å². The molecule has 0 amide bonds. The molecule has 0 spiro atoms. The van der Waals surface area contributed by atoms with Crippen LogP contribution in [0.5, 0.6) is 0 Å². The third kappa shape index (κ3) is 2.08. The number of fused-ring (bicyclic) bond motifs is 5. The summed E-state index contributed by atoms with van der Waals surface area (Å²) in [5.74, 6) is 3.94. The van der Waals surface area contributed by atoms with E-state index in [1.165, 1.54) is 44.9 Å². The molecule has 0 radical (unpaired) electrons. The van der Waals surface area contributed by atoms with Crippen LogP contribution in [0.1, 0.15) is 85.5 Å². The summed E-state index contributed by atoms with van der Waals surface area (Å²) in [6.07, 6.45) is 16.1. The van der Waals surface area contributed by atoms with Gasteiger partial charge in [-0.1, -0.05) is 32.9 Å². The number of ketones is 1. The highest BCUT2D eigenvalue weighted by atomic mass is 16.1. The first-order valence-electron chi connectivity index (χ1n) is 10.5. The smallest absolute Gasteiger partial charge is 0.133 e. The van der Waals surface area contributed by atoms with Gasteiger partial charge in [-0.15, -0.1) is 0 Å². The summed E-state index contributed by atoms with van der Waals surface area (Å²) < 4.78 is 0. The highest BCUT2D eigenvalue weighted by Gasteiger charge is 2.62. The minimum Gasteiger partial charge on any atom is -0.300 e. The second-order valence-electron chi connectivity index (χ2n) is 10.3. The molecule has 0 aromatic rings. The quantitative estimate of drug-likeness (QED) is 0.525. The molecule has 0 saturated heterocycles. The van der Waals surface area contributed by atoms with E-state index >= 15 is 0 Å². The highest BCUT2D eigenvalue weighted by molar-refractivity contribution is 5.79. The van der Waals surface area contributed by atoms with E-state index in [9.17, 15) is 4.79 Å². The van der Waals surface area contributed by atoms with Gasteiger partial charge in [-0.25, -0.2) is 0 Å². The molecule has 0 heterocycles. The zero-order valence-corrected chi connectivity index (χ0v) is 16.2. The third-order valence-electron chi connectivity index (χ3n) is 9.69. The maximum Gasteiger partial charge on any atom is 0.133 e. The van der Waals surface area contributed by atoms with Crippen LogP contribution in [0.4, 0.5) is 0 Å². The van der Waals surface area contributed by atoms with E-state index in [0.717, 1.165) is 30.6 Å². The first-order chi connectivity index (χ1) is 11.3. The van der Waals surface area contributed by atoms with Gasteiger partial charge in [0, 0.05) is 12.8 Å². The molecule has 1 heteroatoms. The first kappa shape index (κ1) is 16.9. The Kier molecular flexibility index (Phi) is 3.83. The van der Waals surface area contributed by atoms with Crippen molar-refractivity contribution in [1.29, 1.82) is 0 Å². The summed E-state index contributed by atoms with van der Waals surface area (Å²) in [6, 6.07) is 0. The van der Waals surface area contributed by atoms with Crippen LogP contribution in [0.15, 0.2) is 12.2 Å². The van der Waals surface area contributed by atoms with Gasteiger partial charge in [-0.2, -0.15) is 0 Å². The Bertz CT molecular complexity index is 562. The Balaban J connectivity index is 1.64. The maximum atomic E-state index is 12.0. The van der Waals surface area contributed by atoms with Crippen molar-refractivity contribution in [1.82, 2.24) is 0 Å². The largest absolute Gasteiger partial charge is 0.300 e. The molecule has 0 aromatic heterocycles. The lowest BCUT2D eigenvalue weighted by atomic mass is 9.43. The Morgan fingerprint density at radius 3 is 2.46 bits per heavy atom. The molecule has 0 N–H and O–H groups in total. The Morgan fingerprint density at radius 2 is 1.71 bits per heavy atom. The van der Waals surface area contributed by atoms with E-state index in [2.05, 4.69) is 39.8 Å². The second-order valence-corrected chi connectivity index (χ2v) is 10.3. The maximum absolute atomic E-state index is 12.0. The van der Waals surface area contributed by atoms with E-state index in [1.54, 1.807) is 0 Å². The standard InChI is InChI=1S/C23H36O/c1-5-11-21(2)12-9-20-18-7-6-16-15-17(24)8-13-22(16,3)19(18)10-14-23(20,21)4/h5,11,16,18-20H,6-10,12-15H2,1-4H3/b11-5+/t16?,18?,19-,20-,21-,22-,23-/m0/s1. The van der Waals surface area contributed by atoms with Crippen LogP contribution in [-0.2, 0) is 4.79 Å². The summed E-state index contributed by atoms with van der Waals surface area (Å²) in [4.78, 5) is 12.0. The molecule has 7 atom stereocenters. The van der Waals surface area contributed by atoms with Crippen molar-refractivity contribution in [2.45, 2.75) is 85.5 Å². The molecule has 134 valence electrons. The number of rotatable bonds is 1. The minimum absolute atomic E-state index is 0.400. The van der Waals surface area contributed by atoms with Crippen LogP contribution in [0.25, 0.3) is 0 Å². The predicted octanol–water partition coefficient (Wildman–Crippen LogP) is 6.18. The predicted molar refractivity (Wildman–Crippen MR) is 99.7 cm³/mol. The molecule has 2 unspecified atom stereocenters. The number of Topliss-reactive ketones (excluding diaryl/α,β-unsaturated/α-hetero) is 1. The third-order valence-corrected chi connectivity index (χ3v) is 9.69. The normalized spacial score (nSPS) is 54.4. The van der Waals surface area contributed by atoms with Gasteiger partial charge in [-0.05, 0) is 91.8 Å². The van der Waals surface area contributed by atoms with Crippen LogP contribution in [0.2, 0.25) is 0 Å². The van der Waals surface area contributed by atoms with E-state index in [1.807, 2.05) is 0 Å². The zero-order valence-electron chi connectivity index (χ0n) is 16.2. The molecule has 1 nitrogen and oxygen atoms in total. The summed E-state index contributed by atoms with van der Waals surface area (Å²) >= 11 is 0. The van der Waals surface area contributed by atoms with Gasteiger partial charge in [0.15, 0.2) is 0 Å². The molecule has 4 fully saturated rings. The molecule has 0 aromatic carbocycles. The molecular formula is C23H36O. The molecule has 0 bridgehead atoms. The highest BCUT2D eigenvalue weighted by Crippen LogP contribution is 2.70. The van der Waals surface area contributed by atoms with Crippen LogP contribution in [0.3, 0.4) is 0 Å². The number of carbonyl (C=O) groups is 1. The SMILES string of the molecule is C/C=C/[C@@]1(C)CC[C@H]2C3CCC4CC(=O)CC[C@]4(C)[C@H]3CC[C@@]21C. The van der Waals surface area contributed by atoms with Crippen molar-refractivity contribution in [3.05, 3.63) is 12.2 Å². The first-order valence-corrected chi connectivity index (χ1v) is 10.5. The van der Waals surface area contributed by atoms with E-state index in [0.29, 0.717) is 27.9 Å². The molecule has 4 aliphatic carbocycles. The van der Waals surface area contributed by atoms with Gasteiger partial charge in [0.1, 0.15) is 5.78 Å². The van der Waals surface area contributed by atoms with Gasteiger partial charge in [-0.3, -0.25) is 4.79 Å². The van der Waals surface area contributed by atoms with Gasteiger partial charge in [0.2, 0.25) is 0 Å². The van der Waals surface area contributed by atoms with Crippen molar-refractivity contribution in [2.24, 2.45) is 39.9 Å². The monoisotopic (exact) mass is 328 g/mol. The van der Waals surface area contributed by atoms with Crippen LogP contribution >= 0.6 is 0 Å². The number of hydrogen-bond acceptors (Lipinski definition) is 1. The Hall–Kier alpha value is -0.590. The lowest BCUT2D eigenvalue weighted by Crippen LogP contribution is -2.54. The molecule has 24 heavy (non-hydrogen) atoms. The molecule has 4 saturated carbocycles. The summed E-state index contributed by atoms with van der Waals surface area (Å²) in [6.45, 7) is 9.89. The topological polar surface area (TPSA) is 17.1 Å². The summed E-state index contributed by atoms with van der Waals surface area (Å²) in [7, 11) is 0. The zero-order chi connectivity index (χ0) is 17.2. The minimum atomic E-state index is 0.400. The van der Waals surface area contributed by atoms with Crippen molar-refractivity contribution in [2.75, 3.05) is 0 Å². The fourth-order valence-electron chi connectivity index (χ4n) is 7.99. The Morgan fingerprint density at radius 1 is 0.958 bits per heavy atom. The van der Waals surface area contributed by atoms with Gasteiger partial charge in [0.05, 0.1) is 0 Å². The fraction of sp³-hybridized carbons (Fsp3) is 0.870. The molecule has 4 rings (SSSR count). The van der Waals surface area contributed by atoms with Gasteiger partial charge >= 0.3 is 0 Å². The van der Waals surface area contributed by atoms with E-state index in [4.69, 9.17) is 0 Å². The molecule has 4 aliphatic rings. The van der Waals surface area contributed by atoms with E-state index < -0.39 is 0 Å². The number of hydrogen-bond donors (Lipinski definition) is 0. The second kappa shape index (κ2) is 5.45. The average molecular weight is 329 g/mol. The lowest BCUT2D eigenvalue weighted by molar-refractivity contribution is -0.141. The number of carbonyl (C=O) groups excluding carboxylic acids is 1. The van der Waals surface area contributed by atoms with Crippen molar-refractivity contribution >= 4 is 5.78 Å². The van der Waals surface area contributed by atoms with Crippen molar-refractivity contribution in [3.8, 4) is 0 Å². The van der Waals surface area contributed by atoms with Crippen molar-refractivity contribution < 1.29 is 4.79 Å². The lowest BCUT2D eigenvalue weighted by Gasteiger charge is -2.61.